The van der Waals surface area contributed by atoms with Crippen LogP contribution in [-0.4, -0.2) is 25.5 Å². The normalized spacial score (nSPS) is 10.8. The molecule has 0 aliphatic rings. The van der Waals surface area contributed by atoms with Crippen molar-refractivity contribution in [1.82, 2.24) is 0 Å². The van der Waals surface area contributed by atoms with Crippen LogP contribution in [0.3, 0.4) is 0 Å². The van der Waals surface area contributed by atoms with Gasteiger partial charge < -0.3 is 9.57 Å². The Bertz CT molecular complexity index is 837. The topological polar surface area (TPSA) is 51.1 Å². The highest BCUT2D eigenvalue weighted by molar-refractivity contribution is 5.98. The second-order valence-corrected chi connectivity index (χ2v) is 5.71. The number of carbonyl (C=O) groups excluding carboxylic acids is 1. The minimum atomic E-state index is -0.519. The maximum atomic E-state index is 12.0. The Labute approximate surface area is 154 Å². The standard InChI is InChI=1S/C21H22N2O3/c1-5-13-23(21(24)25-4)20-12-7-6-10-19(20)15-26-22-17(3)18-11-8-9-16(2)14-18/h1,6-12,14H,13,15H2,2-4H3. The van der Waals surface area contributed by atoms with Gasteiger partial charge in [0, 0.05) is 5.56 Å². The molecule has 2 aromatic carbocycles. The van der Waals surface area contributed by atoms with Crippen LogP contribution in [0.2, 0.25) is 0 Å². The van der Waals surface area contributed by atoms with E-state index < -0.39 is 6.09 Å². The Hall–Kier alpha value is -3.26. The lowest BCUT2D eigenvalue weighted by Gasteiger charge is -2.21. The number of hydrogen-bond donors (Lipinski definition) is 0. The van der Waals surface area contributed by atoms with Crippen LogP contribution < -0.4 is 4.90 Å². The van der Waals surface area contributed by atoms with Crippen LogP contribution in [0.1, 0.15) is 23.6 Å². The molecule has 0 bridgehead atoms. The molecule has 0 unspecified atom stereocenters. The minimum absolute atomic E-state index is 0.106. The third-order valence-corrected chi connectivity index (χ3v) is 3.78. The molecule has 26 heavy (non-hydrogen) atoms. The molecular formula is C21H22N2O3. The first-order valence-corrected chi connectivity index (χ1v) is 8.17. The zero-order valence-electron chi connectivity index (χ0n) is 15.2. The lowest BCUT2D eigenvalue weighted by atomic mass is 10.1. The van der Waals surface area contributed by atoms with Gasteiger partial charge in [0.2, 0.25) is 0 Å². The number of amides is 1. The average Bonchev–Trinajstić information content (AvgIpc) is 2.66. The fourth-order valence-electron chi connectivity index (χ4n) is 2.47. The Morgan fingerprint density at radius 3 is 2.69 bits per heavy atom. The SMILES string of the molecule is C#CCN(C(=O)OC)c1ccccc1CON=C(C)c1cccc(C)c1. The van der Waals surface area contributed by atoms with E-state index in [0.29, 0.717) is 5.69 Å². The van der Waals surface area contributed by atoms with Gasteiger partial charge in [0.1, 0.15) is 6.61 Å². The van der Waals surface area contributed by atoms with Crippen LogP contribution in [0.5, 0.6) is 0 Å². The van der Waals surface area contributed by atoms with Crippen LogP contribution in [0.25, 0.3) is 0 Å². The molecule has 0 aliphatic heterocycles. The van der Waals surface area contributed by atoms with E-state index in [1.165, 1.54) is 12.0 Å². The minimum Gasteiger partial charge on any atom is -0.452 e. The molecule has 5 heteroatoms. The Kier molecular flexibility index (Phi) is 6.81. The number of methoxy groups -OCH3 is 1. The fourth-order valence-corrected chi connectivity index (χ4v) is 2.47. The molecule has 0 aliphatic carbocycles. The summed E-state index contributed by atoms with van der Waals surface area (Å²) in [7, 11) is 1.32. The summed E-state index contributed by atoms with van der Waals surface area (Å²) in [5, 5.41) is 4.18. The molecule has 1 amide bonds. The number of benzene rings is 2. The number of carbonyl (C=O) groups is 1. The second kappa shape index (κ2) is 9.28. The summed E-state index contributed by atoms with van der Waals surface area (Å²) in [6, 6.07) is 15.4. The van der Waals surface area contributed by atoms with Gasteiger partial charge in [-0.25, -0.2) is 4.79 Å². The highest BCUT2D eigenvalue weighted by Crippen LogP contribution is 2.22. The van der Waals surface area contributed by atoms with E-state index in [9.17, 15) is 4.79 Å². The van der Waals surface area contributed by atoms with Crippen LogP contribution >= 0.6 is 0 Å². The van der Waals surface area contributed by atoms with Crippen molar-refractivity contribution in [3.63, 3.8) is 0 Å². The van der Waals surface area contributed by atoms with Gasteiger partial charge in [-0.15, -0.1) is 6.42 Å². The number of anilines is 1. The molecule has 2 rings (SSSR count). The number of nitrogens with zero attached hydrogens (tertiary/aromatic N) is 2. The molecule has 134 valence electrons. The first kappa shape index (κ1) is 19.1. The fraction of sp³-hybridized carbons (Fsp3) is 0.238. The lowest BCUT2D eigenvalue weighted by Crippen LogP contribution is -2.31. The summed E-state index contributed by atoms with van der Waals surface area (Å²) in [4.78, 5) is 18.9. The second-order valence-electron chi connectivity index (χ2n) is 5.71. The van der Waals surface area contributed by atoms with Gasteiger partial charge in [0.15, 0.2) is 0 Å². The summed E-state index contributed by atoms with van der Waals surface area (Å²) in [5.74, 6) is 2.47. The number of para-hydroxylation sites is 1. The first-order chi connectivity index (χ1) is 12.6. The predicted octanol–water partition coefficient (Wildman–Crippen LogP) is 4.14. The third-order valence-electron chi connectivity index (χ3n) is 3.78. The highest BCUT2D eigenvalue weighted by Gasteiger charge is 2.18. The van der Waals surface area contributed by atoms with E-state index in [4.69, 9.17) is 16.0 Å². The van der Waals surface area contributed by atoms with Crippen molar-refractivity contribution >= 4 is 17.5 Å². The molecule has 0 saturated heterocycles. The molecule has 0 spiro atoms. The largest absolute Gasteiger partial charge is 0.452 e. The van der Waals surface area contributed by atoms with Crippen molar-refractivity contribution < 1.29 is 14.4 Å². The molecular weight excluding hydrogens is 328 g/mol. The molecule has 0 radical (unpaired) electrons. The maximum absolute atomic E-state index is 12.0. The Morgan fingerprint density at radius 2 is 2.00 bits per heavy atom. The summed E-state index contributed by atoms with van der Waals surface area (Å²) in [6.07, 6.45) is 4.85. The summed E-state index contributed by atoms with van der Waals surface area (Å²) in [5.41, 5.74) is 4.36. The molecule has 5 nitrogen and oxygen atoms in total. The molecule has 0 heterocycles. The average molecular weight is 350 g/mol. The summed E-state index contributed by atoms with van der Waals surface area (Å²) < 4.78 is 4.81. The smallest absolute Gasteiger partial charge is 0.414 e. The van der Waals surface area contributed by atoms with Crippen molar-refractivity contribution in [2.24, 2.45) is 5.16 Å². The van der Waals surface area contributed by atoms with Crippen LogP contribution in [-0.2, 0) is 16.2 Å². The monoisotopic (exact) mass is 350 g/mol. The van der Waals surface area contributed by atoms with Gasteiger partial charge in [0.05, 0.1) is 25.1 Å². The van der Waals surface area contributed by atoms with Crippen molar-refractivity contribution in [1.29, 1.82) is 0 Å². The summed E-state index contributed by atoms with van der Waals surface area (Å²) in [6.45, 7) is 4.23. The molecule has 0 fully saturated rings. The molecule has 2 aromatic rings. The van der Waals surface area contributed by atoms with Gasteiger partial charge in [-0.3, -0.25) is 4.90 Å². The Balaban J connectivity index is 2.16. The number of oxime groups is 1. The highest BCUT2D eigenvalue weighted by atomic mass is 16.6. The van der Waals surface area contributed by atoms with E-state index in [0.717, 1.165) is 22.4 Å². The van der Waals surface area contributed by atoms with Crippen molar-refractivity contribution in [3.05, 3.63) is 65.2 Å². The Morgan fingerprint density at radius 1 is 1.23 bits per heavy atom. The zero-order chi connectivity index (χ0) is 18.9. The first-order valence-electron chi connectivity index (χ1n) is 8.17. The van der Waals surface area contributed by atoms with E-state index in [1.54, 1.807) is 6.07 Å². The lowest BCUT2D eigenvalue weighted by molar-refractivity contribution is 0.130. The van der Waals surface area contributed by atoms with Gasteiger partial charge in [0.25, 0.3) is 0 Å². The van der Waals surface area contributed by atoms with Gasteiger partial charge in [-0.2, -0.15) is 0 Å². The molecule has 0 aromatic heterocycles. The predicted molar refractivity (Wildman–Crippen MR) is 103 cm³/mol. The maximum Gasteiger partial charge on any atom is 0.414 e. The quantitative estimate of drug-likeness (QED) is 0.447. The summed E-state index contributed by atoms with van der Waals surface area (Å²) >= 11 is 0. The number of hydrogen-bond acceptors (Lipinski definition) is 4. The van der Waals surface area contributed by atoms with E-state index in [-0.39, 0.29) is 13.2 Å². The van der Waals surface area contributed by atoms with Crippen molar-refractivity contribution in [2.75, 3.05) is 18.6 Å². The van der Waals surface area contributed by atoms with Crippen molar-refractivity contribution in [2.45, 2.75) is 20.5 Å². The third kappa shape index (κ3) is 4.87. The molecule has 0 N–H and O–H groups in total. The van der Waals surface area contributed by atoms with Crippen molar-refractivity contribution in [3.8, 4) is 12.3 Å². The van der Waals surface area contributed by atoms with Crippen LogP contribution in [0, 0.1) is 19.3 Å². The number of aryl methyl sites for hydroxylation is 1. The van der Waals surface area contributed by atoms with Crippen LogP contribution in [0.15, 0.2) is 53.7 Å². The zero-order valence-corrected chi connectivity index (χ0v) is 15.2. The van der Waals surface area contributed by atoms with E-state index in [1.807, 2.05) is 56.3 Å². The van der Waals surface area contributed by atoms with Gasteiger partial charge >= 0.3 is 6.09 Å². The molecule has 0 saturated carbocycles. The van der Waals surface area contributed by atoms with Crippen LogP contribution in [0.4, 0.5) is 10.5 Å². The number of rotatable bonds is 6. The number of ether oxygens (including phenoxy) is 1. The van der Waals surface area contributed by atoms with Gasteiger partial charge in [-0.1, -0.05) is 59.1 Å². The van der Waals surface area contributed by atoms with Gasteiger partial charge in [-0.05, 0) is 25.5 Å². The van der Waals surface area contributed by atoms with E-state index >= 15 is 0 Å². The molecule has 0 atom stereocenters. The van der Waals surface area contributed by atoms with E-state index in [2.05, 4.69) is 11.1 Å². The number of terminal acetylenes is 1.